The summed E-state index contributed by atoms with van der Waals surface area (Å²) < 4.78 is 29.8. The normalized spacial score (nSPS) is 13.6. The van der Waals surface area contributed by atoms with E-state index in [1.54, 1.807) is 17.9 Å². The number of rotatable bonds is 5. The highest BCUT2D eigenvalue weighted by molar-refractivity contribution is 5.99. The van der Waals surface area contributed by atoms with E-state index in [9.17, 15) is 13.6 Å². The molecule has 1 atom stereocenters. The van der Waals surface area contributed by atoms with E-state index in [0.717, 1.165) is 17.7 Å². The number of benzene rings is 1. The maximum Gasteiger partial charge on any atom is 0.254 e. The van der Waals surface area contributed by atoms with E-state index in [-0.39, 0.29) is 22.7 Å². The molecular formula is C23H19F2N5O. The molecule has 3 aromatic rings. The lowest BCUT2D eigenvalue weighted by Crippen LogP contribution is -2.22. The van der Waals surface area contributed by atoms with Crippen molar-refractivity contribution in [1.82, 2.24) is 14.9 Å². The van der Waals surface area contributed by atoms with Crippen LogP contribution >= 0.6 is 0 Å². The molecule has 1 aromatic carbocycles. The smallest absolute Gasteiger partial charge is 0.254 e. The van der Waals surface area contributed by atoms with Crippen molar-refractivity contribution in [3.05, 3.63) is 76.6 Å². The second kappa shape index (κ2) is 8.11. The average molecular weight is 419 g/mol. The zero-order valence-corrected chi connectivity index (χ0v) is 17.0. The molecule has 8 heteroatoms. The number of carbonyl (C=O) groups is 1. The van der Waals surface area contributed by atoms with Crippen LogP contribution in [0.2, 0.25) is 0 Å². The lowest BCUT2D eigenvalue weighted by Gasteiger charge is -2.19. The summed E-state index contributed by atoms with van der Waals surface area (Å²) in [6, 6.07) is 8.13. The second-order valence-electron chi connectivity index (χ2n) is 7.27. The summed E-state index contributed by atoms with van der Waals surface area (Å²) in [4.78, 5) is 22.4. The van der Waals surface area contributed by atoms with Crippen LogP contribution in [-0.4, -0.2) is 27.3 Å². The molecule has 0 saturated carbocycles. The van der Waals surface area contributed by atoms with Crippen molar-refractivity contribution >= 4 is 11.7 Å². The first-order valence-corrected chi connectivity index (χ1v) is 9.82. The SMILES string of the molecule is CCN1Cc2c(ccnc2NC(C)c2cc(F)c(-c3cc(C#N)ccn3)cc2F)C1=O. The third-order valence-corrected chi connectivity index (χ3v) is 5.38. The van der Waals surface area contributed by atoms with Gasteiger partial charge in [-0.05, 0) is 44.2 Å². The van der Waals surface area contributed by atoms with Crippen LogP contribution in [0.25, 0.3) is 11.3 Å². The Balaban J connectivity index is 1.64. The number of amides is 1. The second-order valence-corrected chi connectivity index (χ2v) is 7.27. The van der Waals surface area contributed by atoms with E-state index in [4.69, 9.17) is 5.26 Å². The van der Waals surface area contributed by atoms with Gasteiger partial charge in [0.1, 0.15) is 17.5 Å². The first-order valence-electron chi connectivity index (χ1n) is 9.82. The number of anilines is 1. The maximum atomic E-state index is 14.9. The van der Waals surface area contributed by atoms with Gasteiger partial charge >= 0.3 is 0 Å². The molecule has 0 aliphatic carbocycles. The Hall–Kier alpha value is -3.86. The Labute approximate surface area is 178 Å². The molecular weight excluding hydrogens is 400 g/mol. The standard InChI is InChI=1S/C23H19F2N5O/c1-3-30-12-18-15(23(30)31)5-7-28-22(18)29-13(2)16-9-20(25)17(10-19(16)24)21-8-14(11-26)4-6-27-21/h4-10,13H,3,12H2,1-2H3,(H,28,29). The van der Waals surface area contributed by atoms with Crippen molar-refractivity contribution in [2.75, 3.05) is 11.9 Å². The summed E-state index contributed by atoms with van der Waals surface area (Å²) in [6.45, 7) is 4.59. The van der Waals surface area contributed by atoms with Gasteiger partial charge in [0, 0.05) is 41.2 Å². The third kappa shape index (κ3) is 3.70. The number of hydrogen-bond donors (Lipinski definition) is 1. The van der Waals surface area contributed by atoms with Gasteiger partial charge in [0.15, 0.2) is 0 Å². The Bertz CT molecular complexity index is 1220. The molecule has 0 bridgehead atoms. The van der Waals surface area contributed by atoms with Crippen LogP contribution in [-0.2, 0) is 6.54 Å². The molecule has 1 unspecified atom stereocenters. The number of carbonyl (C=O) groups excluding carboxylic acids is 1. The topological polar surface area (TPSA) is 81.9 Å². The first-order chi connectivity index (χ1) is 14.9. The molecule has 3 heterocycles. The van der Waals surface area contributed by atoms with Gasteiger partial charge < -0.3 is 10.2 Å². The van der Waals surface area contributed by atoms with Gasteiger partial charge in [-0.25, -0.2) is 13.8 Å². The number of aromatic nitrogens is 2. The molecule has 0 fully saturated rings. The summed E-state index contributed by atoms with van der Waals surface area (Å²) in [6.07, 6.45) is 2.91. The molecule has 4 rings (SSSR count). The van der Waals surface area contributed by atoms with Crippen molar-refractivity contribution < 1.29 is 13.6 Å². The van der Waals surface area contributed by atoms with E-state index in [2.05, 4.69) is 15.3 Å². The van der Waals surface area contributed by atoms with Crippen LogP contribution in [0.15, 0.2) is 42.7 Å². The van der Waals surface area contributed by atoms with Crippen LogP contribution in [0.1, 0.15) is 46.9 Å². The fourth-order valence-corrected chi connectivity index (χ4v) is 3.69. The Kier molecular flexibility index (Phi) is 5.34. The van der Waals surface area contributed by atoms with Crippen LogP contribution < -0.4 is 5.32 Å². The summed E-state index contributed by atoms with van der Waals surface area (Å²) in [5.41, 5.74) is 1.90. The predicted molar refractivity (Wildman–Crippen MR) is 111 cm³/mol. The van der Waals surface area contributed by atoms with Gasteiger partial charge in [-0.3, -0.25) is 9.78 Å². The van der Waals surface area contributed by atoms with Gasteiger partial charge in [0.2, 0.25) is 0 Å². The minimum atomic E-state index is -0.647. The molecule has 0 saturated heterocycles. The molecule has 1 amide bonds. The summed E-state index contributed by atoms with van der Waals surface area (Å²) in [5.74, 6) is -0.850. The average Bonchev–Trinajstić information content (AvgIpc) is 3.11. The van der Waals surface area contributed by atoms with E-state index in [1.807, 2.05) is 13.0 Å². The molecule has 0 radical (unpaired) electrons. The number of halogens is 2. The maximum absolute atomic E-state index is 14.9. The predicted octanol–water partition coefficient (Wildman–Crippen LogP) is 4.44. The quantitative estimate of drug-likeness (QED) is 0.661. The minimum absolute atomic E-state index is 0.0199. The zero-order valence-electron chi connectivity index (χ0n) is 17.0. The lowest BCUT2D eigenvalue weighted by atomic mass is 10.0. The Morgan fingerprint density at radius 3 is 2.68 bits per heavy atom. The highest BCUT2D eigenvalue weighted by Gasteiger charge is 2.29. The van der Waals surface area contributed by atoms with Crippen molar-refractivity contribution in [1.29, 1.82) is 5.26 Å². The zero-order chi connectivity index (χ0) is 22.1. The number of pyridine rings is 2. The molecule has 1 aliphatic heterocycles. The molecule has 156 valence electrons. The van der Waals surface area contributed by atoms with Gasteiger partial charge in [-0.15, -0.1) is 0 Å². The number of fused-ring (bicyclic) bond motifs is 1. The first kappa shape index (κ1) is 20.4. The highest BCUT2D eigenvalue weighted by atomic mass is 19.1. The number of nitrogens with zero attached hydrogens (tertiary/aromatic N) is 4. The van der Waals surface area contributed by atoms with Gasteiger partial charge in [0.05, 0.1) is 29.9 Å². The number of nitriles is 1. The van der Waals surface area contributed by atoms with Crippen LogP contribution in [0.5, 0.6) is 0 Å². The van der Waals surface area contributed by atoms with Crippen molar-refractivity contribution in [3.63, 3.8) is 0 Å². The van der Waals surface area contributed by atoms with E-state index in [1.165, 1.54) is 24.5 Å². The van der Waals surface area contributed by atoms with Gasteiger partial charge in [0.25, 0.3) is 5.91 Å². The summed E-state index contributed by atoms with van der Waals surface area (Å²) >= 11 is 0. The minimum Gasteiger partial charge on any atom is -0.363 e. The third-order valence-electron chi connectivity index (χ3n) is 5.38. The molecule has 1 aliphatic rings. The fourth-order valence-electron chi connectivity index (χ4n) is 3.69. The monoisotopic (exact) mass is 419 g/mol. The molecule has 0 spiro atoms. The van der Waals surface area contributed by atoms with Gasteiger partial charge in [-0.1, -0.05) is 0 Å². The molecule has 2 aromatic heterocycles. The van der Waals surface area contributed by atoms with Crippen molar-refractivity contribution in [2.45, 2.75) is 26.4 Å². The fraction of sp³-hybridized carbons (Fsp3) is 0.217. The van der Waals surface area contributed by atoms with Gasteiger partial charge in [-0.2, -0.15) is 5.26 Å². The van der Waals surface area contributed by atoms with Crippen molar-refractivity contribution in [3.8, 4) is 17.3 Å². The van der Waals surface area contributed by atoms with E-state index >= 15 is 0 Å². The van der Waals surface area contributed by atoms with E-state index in [0.29, 0.717) is 30.0 Å². The van der Waals surface area contributed by atoms with Crippen LogP contribution in [0, 0.1) is 23.0 Å². The van der Waals surface area contributed by atoms with Crippen LogP contribution in [0.3, 0.4) is 0 Å². The van der Waals surface area contributed by atoms with Crippen molar-refractivity contribution in [2.24, 2.45) is 0 Å². The molecule has 1 N–H and O–H groups in total. The Morgan fingerprint density at radius 1 is 1.16 bits per heavy atom. The lowest BCUT2D eigenvalue weighted by molar-refractivity contribution is 0.0787. The van der Waals surface area contributed by atoms with Crippen LogP contribution in [0.4, 0.5) is 14.6 Å². The summed E-state index contributed by atoms with van der Waals surface area (Å²) in [5, 5.41) is 12.1. The Morgan fingerprint density at radius 2 is 1.94 bits per heavy atom. The number of nitrogens with one attached hydrogen (secondary N) is 1. The molecule has 31 heavy (non-hydrogen) atoms. The molecule has 6 nitrogen and oxygen atoms in total. The highest BCUT2D eigenvalue weighted by Crippen LogP contribution is 2.32. The van der Waals surface area contributed by atoms with E-state index < -0.39 is 17.7 Å². The summed E-state index contributed by atoms with van der Waals surface area (Å²) in [7, 11) is 0. The number of hydrogen-bond acceptors (Lipinski definition) is 5. The largest absolute Gasteiger partial charge is 0.363 e.